The molecule has 0 saturated heterocycles. The molecule has 0 heterocycles. The van der Waals surface area contributed by atoms with E-state index >= 15 is 0 Å². The molecule has 1 saturated carbocycles. The molecule has 18 heavy (non-hydrogen) atoms. The Morgan fingerprint density at radius 3 is 2.94 bits per heavy atom. The Morgan fingerprint density at radius 2 is 2.28 bits per heavy atom. The molecule has 0 aromatic heterocycles. The summed E-state index contributed by atoms with van der Waals surface area (Å²) in [6.45, 7) is 2.60. The number of nitrogens with one attached hydrogen (secondary N) is 2. The van der Waals surface area contributed by atoms with Crippen molar-refractivity contribution in [3.63, 3.8) is 0 Å². The van der Waals surface area contributed by atoms with E-state index in [9.17, 15) is 4.79 Å². The van der Waals surface area contributed by atoms with E-state index in [0.29, 0.717) is 6.04 Å². The standard InChI is InChI=1S/C14H20N2O2/c1-10(14(17)15-2)18-13-5-3-4-11(8-13)9-16-12-6-7-12/h3-5,8,10,12,16H,6-7,9H2,1-2H3,(H,15,17). The Kier molecular flexibility index (Phi) is 4.20. The van der Waals surface area contributed by atoms with Gasteiger partial charge in [-0.2, -0.15) is 0 Å². The fraction of sp³-hybridized carbons (Fsp3) is 0.500. The molecular weight excluding hydrogens is 228 g/mol. The van der Waals surface area contributed by atoms with E-state index in [2.05, 4.69) is 16.7 Å². The molecule has 1 amide bonds. The number of carbonyl (C=O) groups is 1. The van der Waals surface area contributed by atoms with Crippen molar-refractivity contribution in [1.82, 2.24) is 10.6 Å². The van der Waals surface area contributed by atoms with Crippen molar-refractivity contribution in [3.05, 3.63) is 29.8 Å². The fourth-order valence-electron chi connectivity index (χ4n) is 1.74. The van der Waals surface area contributed by atoms with Gasteiger partial charge in [0.1, 0.15) is 5.75 Å². The van der Waals surface area contributed by atoms with Crippen LogP contribution in [0.2, 0.25) is 0 Å². The van der Waals surface area contributed by atoms with Crippen LogP contribution < -0.4 is 15.4 Å². The molecule has 1 aromatic rings. The SMILES string of the molecule is CNC(=O)C(C)Oc1cccc(CNC2CC2)c1. The van der Waals surface area contributed by atoms with Gasteiger partial charge in [0.15, 0.2) is 6.10 Å². The normalized spacial score (nSPS) is 16.1. The lowest BCUT2D eigenvalue weighted by Gasteiger charge is -2.14. The molecule has 0 aliphatic heterocycles. The first-order valence-electron chi connectivity index (χ1n) is 6.39. The Bertz CT molecular complexity index is 416. The number of ether oxygens (including phenoxy) is 1. The molecule has 0 bridgehead atoms. The van der Waals surface area contributed by atoms with Crippen LogP contribution in [0, 0.1) is 0 Å². The van der Waals surface area contributed by atoms with Crippen molar-refractivity contribution < 1.29 is 9.53 Å². The highest BCUT2D eigenvalue weighted by Gasteiger charge is 2.20. The van der Waals surface area contributed by atoms with Gasteiger partial charge in [-0.3, -0.25) is 4.79 Å². The van der Waals surface area contributed by atoms with E-state index in [1.807, 2.05) is 18.2 Å². The number of rotatable bonds is 6. The Hall–Kier alpha value is -1.55. The molecule has 1 atom stereocenters. The predicted octanol–water partition coefficient (Wildman–Crippen LogP) is 1.45. The lowest BCUT2D eigenvalue weighted by molar-refractivity contribution is -0.126. The molecule has 4 nitrogen and oxygen atoms in total. The maximum Gasteiger partial charge on any atom is 0.260 e. The van der Waals surface area contributed by atoms with Gasteiger partial charge < -0.3 is 15.4 Å². The summed E-state index contributed by atoms with van der Waals surface area (Å²) in [7, 11) is 1.61. The second-order valence-electron chi connectivity index (χ2n) is 4.68. The van der Waals surface area contributed by atoms with Crippen molar-refractivity contribution in [2.75, 3.05) is 7.05 Å². The molecule has 4 heteroatoms. The van der Waals surface area contributed by atoms with E-state index in [4.69, 9.17) is 4.74 Å². The maximum atomic E-state index is 11.4. The molecule has 1 fully saturated rings. The largest absolute Gasteiger partial charge is 0.481 e. The second kappa shape index (κ2) is 5.87. The van der Waals surface area contributed by atoms with Crippen LogP contribution in [0.15, 0.2) is 24.3 Å². The van der Waals surface area contributed by atoms with Gasteiger partial charge in [-0.25, -0.2) is 0 Å². The van der Waals surface area contributed by atoms with E-state index in [-0.39, 0.29) is 5.91 Å². The van der Waals surface area contributed by atoms with Crippen LogP contribution in [0.25, 0.3) is 0 Å². The minimum absolute atomic E-state index is 0.114. The average Bonchev–Trinajstić information content (AvgIpc) is 3.20. The van der Waals surface area contributed by atoms with Gasteiger partial charge in [-0.1, -0.05) is 12.1 Å². The zero-order valence-electron chi connectivity index (χ0n) is 10.9. The Morgan fingerprint density at radius 1 is 1.50 bits per heavy atom. The summed E-state index contributed by atoms with van der Waals surface area (Å²) in [5, 5.41) is 6.02. The summed E-state index contributed by atoms with van der Waals surface area (Å²) in [6.07, 6.45) is 2.09. The highest BCUT2D eigenvalue weighted by Crippen LogP contribution is 2.20. The molecular formula is C14H20N2O2. The summed E-state index contributed by atoms with van der Waals surface area (Å²) >= 11 is 0. The van der Waals surface area contributed by atoms with Crippen LogP contribution in [0.4, 0.5) is 0 Å². The smallest absolute Gasteiger partial charge is 0.260 e. The number of amides is 1. The summed E-state index contributed by atoms with van der Waals surface area (Å²) in [5.41, 5.74) is 1.18. The number of benzene rings is 1. The van der Waals surface area contributed by atoms with Gasteiger partial charge in [0, 0.05) is 19.6 Å². The minimum Gasteiger partial charge on any atom is -0.481 e. The maximum absolute atomic E-state index is 11.4. The first-order chi connectivity index (χ1) is 8.69. The van der Waals surface area contributed by atoms with Gasteiger partial charge in [0.05, 0.1) is 0 Å². The lowest BCUT2D eigenvalue weighted by Crippen LogP contribution is -2.33. The van der Waals surface area contributed by atoms with Gasteiger partial charge in [0.2, 0.25) is 0 Å². The quantitative estimate of drug-likeness (QED) is 0.801. The van der Waals surface area contributed by atoms with Gasteiger partial charge >= 0.3 is 0 Å². The van der Waals surface area contributed by atoms with Crippen LogP contribution in [0.5, 0.6) is 5.75 Å². The first-order valence-corrected chi connectivity index (χ1v) is 6.39. The first kappa shape index (κ1) is 12.9. The monoisotopic (exact) mass is 248 g/mol. The number of hydrogen-bond acceptors (Lipinski definition) is 3. The van der Waals surface area contributed by atoms with Crippen LogP contribution in [0.3, 0.4) is 0 Å². The molecule has 1 aromatic carbocycles. The molecule has 0 spiro atoms. The van der Waals surface area contributed by atoms with Crippen LogP contribution in [0.1, 0.15) is 25.3 Å². The van der Waals surface area contributed by atoms with Crippen molar-refractivity contribution in [3.8, 4) is 5.75 Å². The average molecular weight is 248 g/mol. The van der Waals surface area contributed by atoms with Gasteiger partial charge in [0.25, 0.3) is 5.91 Å². The van der Waals surface area contributed by atoms with Crippen LogP contribution in [-0.4, -0.2) is 25.1 Å². The zero-order valence-corrected chi connectivity index (χ0v) is 10.9. The predicted molar refractivity (Wildman–Crippen MR) is 70.5 cm³/mol. The number of hydrogen-bond donors (Lipinski definition) is 2. The Labute approximate surface area is 108 Å². The van der Waals surface area contributed by atoms with E-state index in [0.717, 1.165) is 12.3 Å². The van der Waals surface area contributed by atoms with Crippen molar-refractivity contribution in [2.24, 2.45) is 0 Å². The second-order valence-corrected chi connectivity index (χ2v) is 4.68. The van der Waals surface area contributed by atoms with E-state index in [1.54, 1.807) is 14.0 Å². The third-order valence-corrected chi connectivity index (χ3v) is 3.00. The third kappa shape index (κ3) is 3.74. The molecule has 2 N–H and O–H groups in total. The van der Waals surface area contributed by atoms with Crippen molar-refractivity contribution in [1.29, 1.82) is 0 Å². The highest BCUT2D eigenvalue weighted by atomic mass is 16.5. The fourth-order valence-corrected chi connectivity index (χ4v) is 1.74. The van der Waals surface area contributed by atoms with E-state index < -0.39 is 6.10 Å². The zero-order chi connectivity index (χ0) is 13.0. The van der Waals surface area contributed by atoms with Crippen molar-refractivity contribution in [2.45, 2.75) is 38.5 Å². The summed E-state index contributed by atoms with van der Waals surface area (Å²) < 4.78 is 5.59. The molecule has 0 radical (unpaired) electrons. The van der Waals surface area contributed by atoms with Crippen LogP contribution in [-0.2, 0) is 11.3 Å². The molecule has 1 aliphatic rings. The third-order valence-electron chi connectivity index (χ3n) is 3.00. The summed E-state index contributed by atoms with van der Waals surface area (Å²) in [5.74, 6) is 0.623. The minimum atomic E-state index is -0.471. The lowest BCUT2D eigenvalue weighted by atomic mass is 10.2. The number of likely N-dealkylation sites (N-methyl/N-ethyl adjacent to an activating group) is 1. The van der Waals surface area contributed by atoms with E-state index in [1.165, 1.54) is 18.4 Å². The molecule has 2 rings (SSSR count). The molecule has 1 unspecified atom stereocenters. The molecule has 98 valence electrons. The van der Waals surface area contributed by atoms with Gasteiger partial charge in [-0.15, -0.1) is 0 Å². The number of carbonyl (C=O) groups excluding carboxylic acids is 1. The molecule has 1 aliphatic carbocycles. The summed E-state index contributed by atoms with van der Waals surface area (Å²) in [4.78, 5) is 11.4. The summed E-state index contributed by atoms with van der Waals surface area (Å²) in [6, 6.07) is 8.57. The van der Waals surface area contributed by atoms with Gasteiger partial charge in [-0.05, 0) is 37.5 Å². The van der Waals surface area contributed by atoms with Crippen LogP contribution >= 0.6 is 0 Å². The Balaban J connectivity index is 1.91. The highest BCUT2D eigenvalue weighted by molar-refractivity contribution is 5.80. The topological polar surface area (TPSA) is 50.4 Å². The van der Waals surface area contributed by atoms with Crippen molar-refractivity contribution >= 4 is 5.91 Å².